The summed E-state index contributed by atoms with van der Waals surface area (Å²) >= 11 is 0. The highest BCUT2D eigenvalue weighted by Crippen LogP contribution is 2.25. The van der Waals surface area contributed by atoms with E-state index in [1.165, 1.54) is 12.1 Å². The van der Waals surface area contributed by atoms with Crippen LogP contribution in [0.15, 0.2) is 42.5 Å². The monoisotopic (exact) mass is 259 g/mol. The molecule has 0 aromatic heterocycles. The fraction of sp³-hybridized carbons (Fsp3) is 0.250. The minimum Gasteiger partial charge on any atom is -0.484 e. The van der Waals surface area contributed by atoms with E-state index < -0.39 is 0 Å². The van der Waals surface area contributed by atoms with Crippen LogP contribution in [-0.4, -0.2) is 6.54 Å². The summed E-state index contributed by atoms with van der Waals surface area (Å²) in [7, 11) is 0. The molecule has 19 heavy (non-hydrogen) atoms. The summed E-state index contributed by atoms with van der Waals surface area (Å²) in [5.74, 6) is 0.234. The van der Waals surface area contributed by atoms with E-state index in [2.05, 4.69) is 0 Å². The summed E-state index contributed by atoms with van der Waals surface area (Å²) in [4.78, 5) is 0. The third kappa shape index (κ3) is 3.32. The fourth-order valence-corrected chi connectivity index (χ4v) is 1.98. The van der Waals surface area contributed by atoms with Gasteiger partial charge < -0.3 is 10.5 Å². The molecule has 2 rings (SSSR count). The van der Waals surface area contributed by atoms with Gasteiger partial charge in [-0.25, -0.2) is 4.39 Å². The van der Waals surface area contributed by atoms with Crippen molar-refractivity contribution in [3.05, 3.63) is 65.0 Å². The second-order valence-corrected chi connectivity index (χ2v) is 4.67. The van der Waals surface area contributed by atoms with E-state index in [-0.39, 0.29) is 11.9 Å². The van der Waals surface area contributed by atoms with Crippen molar-refractivity contribution in [1.29, 1.82) is 0 Å². The molecule has 0 saturated carbocycles. The van der Waals surface area contributed by atoms with Crippen LogP contribution >= 0.6 is 0 Å². The van der Waals surface area contributed by atoms with E-state index in [9.17, 15) is 4.39 Å². The van der Waals surface area contributed by atoms with Gasteiger partial charge in [-0.2, -0.15) is 0 Å². The van der Waals surface area contributed by atoms with Crippen LogP contribution in [-0.2, 0) is 0 Å². The Bertz CT molecular complexity index is 568. The number of nitrogens with two attached hydrogens (primary N) is 1. The third-order valence-electron chi connectivity index (χ3n) is 3.05. The lowest BCUT2D eigenvalue weighted by Gasteiger charge is -2.19. The molecule has 2 nitrogen and oxygen atoms in total. The highest BCUT2D eigenvalue weighted by molar-refractivity contribution is 5.34. The van der Waals surface area contributed by atoms with Gasteiger partial charge in [-0.15, -0.1) is 0 Å². The normalized spacial score (nSPS) is 12.2. The molecule has 0 aliphatic carbocycles. The zero-order valence-electron chi connectivity index (χ0n) is 11.2. The Balaban J connectivity index is 2.26. The van der Waals surface area contributed by atoms with E-state index in [0.29, 0.717) is 12.3 Å². The first-order valence-corrected chi connectivity index (χ1v) is 6.29. The Morgan fingerprint density at radius 1 is 1.16 bits per heavy atom. The van der Waals surface area contributed by atoms with Gasteiger partial charge in [0.1, 0.15) is 17.7 Å². The molecule has 1 atom stereocenters. The number of aryl methyl sites for hydroxylation is 2. The Labute approximate surface area is 113 Å². The molecule has 1 unspecified atom stereocenters. The summed E-state index contributed by atoms with van der Waals surface area (Å²) in [6.07, 6.45) is -0.264. The molecule has 100 valence electrons. The molecule has 0 saturated heterocycles. The maximum atomic E-state index is 13.3. The lowest BCUT2D eigenvalue weighted by molar-refractivity contribution is 0.212. The lowest BCUT2D eigenvalue weighted by Crippen LogP contribution is -2.19. The van der Waals surface area contributed by atoms with E-state index >= 15 is 0 Å². The van der Waals surface area contributed by atoms with Crippen LogP contribution in [0.1, 0.15) is 22.8 Å². The number of benzene rings is 2. The molecule has 2 aromatic rings. The molecular formula is C16H18FNO. The van der Waals surface area contributed by atoms with Crippen molar-refractivity contribution >= 4 is 0 Å². The van der Waals surface area contributed by atoms with Crippen LogP contribution in [0, 0.1) is 19.7 Å². The van der Waals surface area contributed by atoms with Crippen LogP contribution < -0.4 is 10.5 Å². The van der Waals surface area contributed by atoms with Crippen molar-refractivity contribution in [3.8, 4) is 5.75 Å². The maximum absolute atomic E-state index is 13.3. The molecule has 2 aromatic carbocycles. The molecule has 3 heteroatoms. The van der Waals surface area contributed by atoms with Gasteiger partial charge in [0.2, 0.25) is 0 Å². The highest BCUT2D eigenvalue weighted by Gasteiger charge is 2.13. The van der Waals surface area contributed by atoms with Gasteiger partial charge in [0.05, 0.1) is 0 Å². The second-order valence-electron chi connectivity index (χ2n) is 4.67. The quantitative estimate of drug-likeness (QED) is 0.911. The Morgan fingerprint density at radius 2 is 1.95 bits per heavy atom. The van der Waals surface area contributed by atoms with E-state index in [0.717, 1.165) is 16.7 Å². The number of hydrogen-bond donors (Lipinski definition) is 1. The molecule has 0 heterocycles. The van der Waals surface area contributed by atoms with E-state index in [1.54, 1.807) is 6.07 Å². The summed E-state index contributed by atoms with van der Waals surface area (Å²) in [6, 6.07) is 12.5. The molecule has 0 bridgehead atoms. The first-order valence-electron chi connectivity index (χ1n) is 6.29. The number of hydrogen-bond acceptors (Lipinski definition) is 2. The minimum absolute atomic E-state index is 0.264. The van der Waals surface area contributed by atoms with Crippen molar-refractivity contribution in [2.75, 3.05) is 6.54 Å². The average molecular weight is 259 g/mol. The van der Waals surface area contributed by atoms with Crippen molar-refractivity contribution in [2.45, 2.75) is 20.0 Å². The largest absolute Gasteiger partial charge is 0.484 e. The van der Waals surface area contributed by atoms with E-state index in [4.69, 9.17) is 10.5 Å². The maximum Gasteiger partial charge on any atom is 0.136 e. The number of rotatable bonds is 4. The predicted molar refractivity (Wildman–Crippen MR) is 74.7 cm³/mol. The van der Waals surface area contributed by atoms with Gasteiger partial charge in [0, 0.05) is 12.6 Å². The molecule has 0 spiro atoms. The zero-order chi connectivity index (χ0) is 13.8. The second kappa shape index (κ2) is 5.85. The number of ether oxygens (including phenoxy) is 1. The molecule has 0 aliphatic heterocycles. The average Bonchev–Trinajstić information content (AvgIpc) is 2.39. The number of halogens is 1. The summed E-state index contributed by atoms with van der Waals surface area (Å²) in [5.41, 5.74) is 8.82. The van der Waals surface area contributed by atoms with Crippen molar-refractivity contribution < 1.29 is 9.13 Å². The van der Waals surface area contributed by atoms with Crippen LogP contribution in [0.3, 0.4) is 0 Å². The van der Waals surface area contributed by atoms with Gasteiger partial charge in [0.25, 0.3) is 0 Å². The molecule has 0 fully saturated rings. The van der Waals surface area contributed by atoms with E-state index in [1.807, 2.05) is 38.1 Å². The summed E-state index contributed by atoms with van der Waals surface area (Å²) < 4.78 is 19.1. The molecule has 0 radical (unpaired) electrons. The fourth-order valence-electron chi connectivity index (χ4n) is 1.98. The lowest BCUT2D eigenvalue weighted by atomic mass is 10.1. The van der Waals surface area contributed by atoms with Gasteiger partial charge in [-0.05, 0) is 31.0 Å². The zero-order valence-corrected chi connectivity index (χ0v) is 11.2. The SMILES string of the molecule is Cc1cccc(C(CN)Oc2cc(F)ccc2C)c1. The Morgan fingerprint density at radius 3 is 2.63 bits per heavy atom. The van der Waals surface area contributed by atoms with Gasteiger partial charge >= 0.3 is 0 Å². The Kier molecular flexibility index (Phi) is 4.17. The summed E-state index contributed by atoms with van der Waals surface area (Å²) in [5, 5.41) is 0. The third-order valence-corrected chi connectivity index (χ3v) is 3.05. The van der Waals surface area contributed by atoms with Crippen LogP contribution in [0.5, 0.6) is 5.75 Å². The van der Waals surface area contributed by atoms with Crippen molar-refractivity contribution in [3.63, 3.8) is 0 Å². The first-order chi connectivity index (χ1) is 9.10. The molecule has 2 N–H and O–H groups in total. The minimum atomic E-state index is -0.305. The Hall–Kier alpha value is -1.87. The highest BCUT2D eigenvalue weighted by atomic mass is 19.1. The topological polar surface area (TPSA) is 35.2 Å². The van der Waals surface area contributed by atoms with Crippen LogP contribution in [0.25, 0.3) is 0 Å². The molecule has 0 amide bonds. The summed E-state index contributed by atoms with van der Waals surface area (Å²) in [6.45, 7) is 4.25. The molecular weight excluding hydrogens is 241 g/mol. The first kappa shape index (κ1) is 13.6. The predicted octanol–water partition coefficient (Wildman–Crippen LogP) is 3.52. The van der Waals surface area contributed by atoms with Crippen molar-refractivity contribution in [1.82, 2.24) is 0 Å². The van der Waals surface area contributed by atoms with Crippen LogP contribution in [0.4, 0.5) is 4.39 Å². The van der Waals surface area contributed by atoms with Crippen molar-refractivity contribution in [2.24, 2.45) is 5.73 Å². The van der Waals surface area contributed by atoms with Gasteiger partial charge in [-0.3, -0.25) is 0 Å². The standard InChI is InChI=1S/C16H18FNO/c1-11-4-3-5-13(8-11)16(10-18)19-15-9-14(17)7-6-12(15)2/h3-9,16H,10,18H2,1-2H3. The van der Waals surface area contributed by atoms with Gasteiger partial charge in [-0.1, -0.05) is 35.9 Å². The smallest absolute Gasteiger partial charge is 0.136 e. The van der Waals surface area contributed by atoms with Crippen LogP contribution in [0.2, 0.25) is 0 Å². The molecule has 0 aliphatic rings. The van der Waals surface area contributed by atoms with Gasteiger partial charge in [0.15, 0.2) is 0 Å².